The number of carbonyl (C=O) groups excluding carboxylic acids is 1. The van der Waals surface area contributed by atoms with Crippen molar-refractivity contribution < 1.29 is 4.79 Å². The van der Waals surface area contributed by atoms with E-state index in [0.717, 1.165) is 5.69 Å². The molecular formula is C5H7N3OS2. The summed E-state index contributed by atoms with van der Waals surface area (Å²) in [5.41, 5.74) is 6.02. The fourth-order valence-corrected chi connectivity index (χ4v) is 1.46. The Morgan fingerprint density at radius 2 is 2.64 bits per heavy atom. The second-order valence-corrected chi connectivity index (χ2v) is 2.87. The largest absolute Gasteiger partial charge is 0.325 e. The number of carbonyl (C=O) groups is 1. The van der Waals surface area contributed by atoms with Crippen molar-refractivity contribution in [2.45, 2.75) is 6.54 Å². The van der Waals surface area contributed by atoms with Gasteiger partial charge in [-0.25, -0.2) is 4.98 Å². The monoisotopic (exact) mass is 189 g/mol. The molecule has 1 aromatic rings. The molecule has 0 saturated heterocycles. The van der Waals surface area contributed by atoms with E-state index in [-0.39, 0.29) is 5.91 Å². The minimum Gasteiger partial charge on any atom is -0.325 e. The summed E-state index contributed by atoms with van der Waals surface area (Å²) in [4.78, 5) is 14.8. The highest BCUT2D eigenvalue weighted by Crippen LogP contribution is 2.08. The minimum absolute atomic E-state index is 0.293. The van der Waals surface area contributed by atoms with Crippen LogP contribution in [0.1, 0.15) is 15.5 Å². The zero-order chi connectivity index (χ0) is 8.27. The number of rotatable bonds is 2. The molecule has 0 aliphatic carbocycles. The van der Waals surface area contributed by atoms with E-state index < -0.39 is 0 Å². The van der Waals surface area contributed by atoms with Gasteiger partial charge in [0.25, 0.3) is 5.91 Å². The number of nitrogens with two attached hydrogens (primary N) is 1. The van der Waals surface area contributed by atoms with Crippen LogP contribution in [0.5, 0.6) is 0 Å². The number of hydrogen-bond donors (Lipinski definition) is 3. The van der Waals surface area contributed by atoms with Crippen LogP contribution < -0.4 is 10.5 Å². The molecule has 0 spiro atoms. The number of aromatic nitrogens is 1. The topological polar surface area (TPSA) is 68.0 Å². The van der Waals surface area contributed by atoms with Crippen molar-refractivity contribution in [2.75, 3.05) is 0 Å². The third-order valence-electron chi connectivity index (χ3n) is 1.06. The lowest BCUT2D eigenvalue weighted by atomic mass is 10.5. The molecule has 0 aromatic carbocycles. The Kier molecular flexibility index (Phi) is 2.86. The van der Waals surface area contributed by atoms with Crippen LogP contribution in [-0.4, -0.2) is 10.9 Å². The number of thiazole rings is 1. The Morgan fingerprint density at radius 3 is 3.09 bits per heavy atom. The molecule has 1 heterocycles. The molecule has 0 aliphatic heterocycles. The van der Waals surface area contributed by atoms with Gasteiger partial charge in [0.05, 0.1) is 5.69 Å². The molecule has 0 aliphatic rings. The fourth-order valence-electron chi connectivity index (χ4n) is 0.553. The van der Waals surface area contributed by atoms with E-state index in [1.165, 1.54) is 11.3 Å². The Bertz CT molecular complexity index is 260. The molecule has 4 nitrogen and oxygen atoms in total. The van der Waals surface area contributed by atoms with Crippen LogP contribution >= 0.6 is 24.2 Å². The summed E-state index contributed by atoms with van der Waals surface area (Å²) < 4.78 is 2.18. The van der Waals surface area contributed by atoms with Crippen LogP contribution in [0.25, 0.3) is 0 Å². The number of thiol groups is 1. The molecule has 0 fully saturated rings. The van der Waals surface area contributed by atoms with Gasteiger partial charge in [-0.15, -0.1) is 11.3 Å². The van der Waals surface area contributed by atoms with E-state index in [2.05, 4.69) is 22.5 Å². The second-order valence-electron chi connectivity index (χ2n) is 1.79. The van der Waals surface area contributed by atoms with Crippen molar-refractivity contribution in [2.24, 2.45) is 5.73 Å². The van der Waals surface area contributed by atoms with Gasteiger partial charge in [0.1, 0.15) is 0 Å². The van der Waals surface area contributed by atoms with E-state index in [9.17, 15) is 4.79 Å². The summed E-state index contributed by atoms with van der Waals surface area (Å²) in [6.07, 6.45) is 0. The Hall–Kier alpha value is -0.590. The summed E-state index contributed by atoms with van der Waals surface area (Å²) >= 11 is 4.86. The van der Waals surface area contributed by atoms with Crippen LogP contribution in [0.4, 0.5) is 0 Å². The van der Waals surface area contributed by atoms with Gasteiger partial charge in [0.2, 0.25) is 0 Å². The number of hydrogen-bond acceptors (Lipinski definition) is 5. The summed E-state index contributed by atoms with van der Waals surface area (Å²) in [6, 6.07) is 0. The second kappa shape index (κ2) is 3.70. The van der Waals surface area contributed by atoms with Gasteiger partial charge in [-0.1, -0.05) is 12.8 Å². The van der Waals surface area contributed by atoms with Crippen molar-refractivity contribution in [3.63, 3.8) is 0 Å². The first kappa shape index (κ1) is 8.51. The molecule has 1 aromatic heterocycles. The van der Waals surface area contributed by atoms with Gasteiger partial charge < -0.3 is 5.73 Å². The van der Waals surface area contributed by atoms with Gasteiger partial charge in [0.15, 0.2) is 5.01 Å². The average Bonchev–Trinajstić information content (AvgIpc) is 2.50. The highest BCUT2D eigenvalue weighted by atomic mass is 32.1. The number of amides is 1. The highest BCUT2D eigenvalue weighted by Gasteiger charge is 2.07. The van der Waals surface area contributed by atoms with Crippen molar-refractivity contribution >= 4 is 30.1 Å². The molecule has 1 amide bonds. The zero-order valence-corrected chi connectivity index (χ0v) is 7.28. The maximum atomic E-state index is 10.9. The van der Waals surface area contributed by atoms with E-state index in [0.29, 0.717) is 11.6 Å². The molecule has 11 heavy (non-hydrogen) atoms. The van der Waals surface area contributed by atoms with Crippen LogP contribution in [0.2, 0.25) is 0 Å². The van der Waals surface area contributed by atoms with Gasteiger partial charge in [-0.2, -0.15) is 0 Å². The standard InChI is InChI=1S/C5H7N3OS2/c6-1-3-2-11-5(7-3)4(9)8-10/h2,10H,1,6H2,(H,8,9). The van der Waals surface area contributed by atoms with Gasteiger partial charge >= 0.3 is 0 Å². The number of nitrogens with zero attached hydrogens (tertiary/aromatic N) is 1. The van der Waals surface area contributed by atoms with E-state index in [1.54, 1.807) is 5.38 Å². The first-order chi connectivity index (χ1) is 5.27. The van der Waals surface area contributed by atoms with E-state index in [4.69, 9.17) is 5.73 Å². The quantitative estimate of drug-likeness (QED) is 0.581. The Labute approximate surface area is 73.4 Å². The SMILES string of the molecule is NCc1csc(C(=O)NS)n1. The molecule has 0 saturated carbocycles. The number of nitrogens with one attached hydrogen (secondary N) is 1. The lowest BCUT2D eigenvalue weighted by Gasteiger charge is -1.89. The third-order valence-corrected chi connectivity index (χ3v) is 2.15. The Balaban J connectivity index is 2.80. The molecule has 6 heteroatoms. The minimum atomic E-state index is -0.293. The maximum absolute atomic E-state index is 10.9. The van der Waals surface area contributed by atoms with E-state index >= 15 is 0 Å². The van der Waals surface area contributed by atoms with Crippen LogP contribution in [-0.2, 0) is 6.54 Å². The van der Waals surface area contributed by atoms with Crippen molar-refractivity contribution in [3.8, 4) is 0 Å². The van der Waals surface area contributed by atoms with Gasteiger partial charge in [0, 0.05) is 11.9 Å². The van der Waals surface area contributed by atoms with Crippen LogP contribution in [0, 0.1) is 0 Å². The van der Waals surface area contributed by atoms with E-state index in [1.807, 2.05) is 0 Å². The highest BCUT2D eigenvalue weighted by molar-refractivity contribution is 7.78. The molecule has 60 valence electrons. The predicted octanol–water partition coefficient (Wildman–Crippen LogP) is 0.176. The van der Waals surface area contributed by atoms with Crippen molar-refractivity contribution in [1.82, 2.24) is 9.71 Å². The predicted molar refractivity (Wildman–Crippen MR) is 46.5 cm³/mol. The first-order valence-corrected chi connectivity index (χ1v) is 4.19. The lowest BCUT2D eigenvalue weighted by Crippen LogP contribution is -2.12. The summed E-state index contributed by atoms with van der Waals surface area (Å²) in [7, 11) is 0. The van der Waals surface area contributed by atoms with Crippen LogP contribution in [0.15, 0.2) is 5.38 Å². The van der Waals surface area contributed by atoms with Crippen molar-refractivity contribution in [3.05, 3.63) is 16.1 Å². The fraction of sp³-hybridized carbons (Fsp3) is 0.200. The third kappa shape index (κ3) is 1.92. The summed E-state index contributed by atoms with van der Waals surface area (Å²) in [6.45, 7) is 0.357. The van der Waals surface area contributed by atoms with Crippen molar-refractivity contribution in [1.29, 1.82) is 0 Å². The Morgan fingerprint density at radius 1 is 1.91 bits per heavy atom. The first-order valence-electron chi connectivity index (χ1n) is 2.87. The van der Waals surface area contributed by atoms with Gasteiger partial charge in [-0.05, 0) is 0 Å². The molecular weight excluding hydrogens is 182 g/mol. The average molecular weight is 189 g/mol. The molecule has 0 atom stereocenters. The van der Waals surface area contributed by atoms with Crippen LogP contribution in [0.3, 0.4) is 0 Å². The smallest absolute Gasteiger partial charge is 0.289 e. The molecule has 0 radical (unpaired) electrons. The van der Waals surface area contributed by atoms with Gasteiger partial charge in [-0.3, -0.25) is 9.52 Å². The molecule has 1 rings (SSSR count). The normalized spacial score (nSPS) is 9.64. The molecule has 3 N–H and O–H groups in total. The molecule has 0 unspecified atom stereocenters. The molecule has 0 bridgehead atoms. The zero-order valence-electron chi connectivity index (χ0n) is 5.57. The summed E-state index contributed by atoms with van der Waals surface area (Å²) in [5.74, 6) is -0.293. The lowest BCUT2D eigenvalue weighted by molar-refractivity contribution is 0.0984. The maximum Gasteiger partial charge on any atom is 0.289 e. The summed E-state index contributed by atoms with van der Waals surface area (Å²) in [5, 5.41) is 2.14.